The minimum atomic E-state index is -4.28. The van der Waals surface area contributed by atoms with Crippen molar-refractivity contribution >= 4 is 17.3 Å². The van der Waals surface area contributed by atoms with Gasteiger partial charge in [0.1, 0.15) is 6.61 Å². The normalized spacial score (nSPS) is 17.7. The number of morpholine rings is 1. The lowest BCUT2D eigenvalue weighted by molar-refractivity contribution is -0.173. The third-order valence-corrected chi connectivity index (χ3v) is 5.04. The molecule has 1 saturated heterocycles. The number of rotatable bonds is 9. The van der Waals surface area contributed by atoms with Crippen LogP contribution in [0.15, 0.2) is 22.5 Å². The van der Waals surface area contributed by atoms with Crippen molar-refractivity contribution < 1.29 is 22.6 Å². The summed E-state index contributed by atoms with van der Waals surface area (Å²) in [6.07, 6.45) is -3.81. The molecule has 1 aromatic heterocycles. The summed E-state index contributed by atoms with van der Waals surface area (Å²) in [5.74, 6) is 0.626. The van der Waals surface area contributed by atoms with Crippen LogP contribution in [0.5, 0.6) is 0 Å². The molecular weight excluding hydrogens is 381 g/mol. The molecule has 0 aliphatic carbocycles. The predicted molar refractivity (Wildman–Crippen MR) is 100 cm³/mol. The van der Waals surface area contributed by atoms with Gasteiger partial charge in [-0.2, -0.15) is 13.2 Å². The second kappa shape index (κ2) is 11.5. The monoisotopic (exact) mass is 408 g/mol. The number of hydrogen-bond acceptors (Lipinski definition) is 5. The van der Waals surface area contributed by atoms with Gasteiger partial charge in [-0.1, -0.05) is 6.07 Å². The van der Waals surface area contributed by atoms with Gasteiger partial charge in [0.2, 0.25) is 0 Å². The summed E-state index contributed by atoms with van der Waals surface area (Å²) in [4.78, 5) is 7.84. The molecule has 2 rings (SSSR count). The molecule has 1 unspecified atom stereocenters. The largest absolute Gasteiger partial charge is 0.411 e. The lowest BCUT2D eigenvalue weighted by Gasteiger charge is -2.34. The fraction of sp³-hybridized carbons (Fsp3) is 0.706. The fourth-order valence-corrected chi connectivity index (χ4v) is 3.62. The van der Waals surface area contributed by atoms with Gasteiger partial charge in [-0.05, 0) is 17.9 Å². The highest BCUT2D eigenvalue weighted by molar-refractivity contribution is 7.10. The van der Waals surface area contributed by atoms with Crippen LogP contribution in [0, 0.1) is 0 Å². The molecule has 0 amide bonds. The number of nitrogens with zero attached hydrogens (tertiary/aromatic N) is 2. The molecule has 2 N–H and O–H groups in total. The van der Waals surface area contributed by atoms with Crippen LogP contribution in [0.1, 0.15) is 17.3 Å². The minimum Gasteiger partial charge on any atom is -0.379 e. The van der Waals surface area contributed by atoms with Gasteiger partial charge in [-0.25, -0.2) is 0 Å². The zero-order valence-corrected chi connectivity index (χ0v) is 16.2. The van der Waals surface area contributed by atoms with Gasteiger partial charge in [-0.15, -0.1) is 11.3 Å². The lowest BCUT2D eigenvalue weighted by atomic mass is 10.2. The zero-order valence-electron chi connectivity index (χ0n) is 15.4. The first-order valence-corrected chi connectivity index (χ1v) is 9.82. The van der Waals surface area contributed by atoms with Gasteiger partial charge in [0.05, 0.1) is 19.3 Å². The van der Waals surface area contributed by atoms with Crippen LogP contribution in [-0.2, 0) is 9.47 Å². The third kappa shape index (κ3) is 8.46. The lowest BCUT2D eigenvalue weighted by Crippen LogP contribution is -2.46. The summed E-state index contributed by atoms with van der Waals surface area (Å²) in [5.41, 5.74) is 0. The van der Waals surface area contributed by atoms with E-state index >= 15 is 0 Å². The SMILES string of the molecule is CN=C(NCCCOCC(F)(F)F)NCC(c1cccs1)N1CCOCC1. The summed E-state index contributed by atoms with van der Waals surface area (Å²) < 4.78 is 46.1. The van der Waals surface area contributed by atoms with E-state index in [2.05, 4.69) is 36.7 Å². The molecule has 1 aromatic rings. The molecule has 0 saturated carbocycles. The molecule has 0 radical (unpaired) electrons. The number of alkyl halides is 3. The maximum Gasteiger partial charge on any atom is 0.411 e. The Morgan fingerprint density at radius 3 is 2.78 bits per heavy atom. The summed E-state index contributed by atoms with van der Waals surface area (Å²) in [5, 5.41) is 8.49. The van der Waals surface area contributed by atoms with E-state index < -0.39 is 12.8 Å². The Bertz CT molecular complexity index is 549. The first-order chi connectivity index (χ1) is 13.0. The minimum absolute atomic E-state index is 0.0507. The molecule has 1 aliphatic heterocycles. The number of ether oxygens (including phenoxy) is 2. The van der Waals surface area contributed by atoms with Crippen molar-refractivity contribution in [1.82, 2.24) is 15.5 Å². The number of guanidine groups is 1. The van der Waals surface area contributed by atoms with Crippen LogP contribution in [0.25, 0.3) is 0 Å². The van der Waals surface area contributed by atoms with E-state index in [0.717, 1.165) is 26.3 Å². The molecule has 0 aromatic carbocycles. The van der Waals surface area contributed by atoms with E-state index in [1.165, 1.54) is 4.88 Å². The first-order valence-electron chi connectivity index (χ1n) is 8.94. The third-order valence-electron chi connectivity index (χ3n) is 4.07. The van der Waals surface area contributed by atoms with Gasteiger partial charge >= 0.3 is 6.18 Å². The molecule has 1 aliphatic rings. The molecule has 1 fully saturated rings. The maximum absolute atomic E-state index is 12.0. The second-order valence-electron chi connectivity index (χ2n) is 6.08. The molecule has 0 spiro atoms. The quantitative estimate of drug-likeness (QED) is 0.373. The van der Waals surface area contributed by atoms with Gasteiger partial charge in [0.25, 0.3) is 0 Å². The number of nitrogens with one attached hydrogen (secondary N) is 2. The molecule has 1 atom stereocenters. The van der Waals surface area contributed by atoms with E-state index in [0.29, 0.717) is 25.5 Å². The van der Waals surface area contributed by atoms with Gasteiger partial charge < -0.3 is 20.1 Å². The van der Waals surface area contributed by atoms with Gasteiger partial charge in [0.15, 0.2) is 5.96 Å². The summed E-state index contributed by atoms with van der Waals surface area (Å²) in [6.45, 7) is 3.24. The van der Waals surface area contributed by atoms with Crippen LogP contribution < -0.4 is 10.6 Å². The van der Waals surface area contributed by atoms with Crippen LogP contribution in [0.2, 0.25) is 0 Å². The number of hydrogen-bond donors (Lipinski definition) is 2. The van der Waals surface area contributed by atoms with Crippen LogP contribution >= 0.6 is 11.3 Å². The summed E-state index contributed by atoms with van der Waals surface area (Å²) >= 11 is 1.72. The Balaban J connectivity index is 1.73. The summed E-state index contributed by atoms with van der Waals surface area (Å²) in [7, 11) is 1.67. The Labute approximate surface area is 161 Å². The van der Waals surface area contributed by atoms with Crippen molar-refractivity contribution in [3.8, 4) is 0 Å². The van der Waals surface area contributed by atoms with Crippen molar-refractivity contribution in [2.45, 2.75) is 18.6 Å². The number of aliphatic imine (C=N–C) groups is 1. The Morgan fingerprint density at radius 2 is 2.15 bits per heavy atom. The van der Waals surface area contributed by atoms with Crippen LogP contribution in [0.3, 0.4) is 0 Å². The van der Waals surface area contributed by atoms with Crippen molar-refractivity contribution in [1.29, 1.82) is 0 Å². The Hall–Kier alpha value is -1.36. The average molecular weight is 408 g/mol. The molecule has 27 heavy (non-hydrogen) atoms. The molecular formula is C17H27F3N4O2S. The predicted octanol–water partition coefficient (Wildman–Crippen LogP) is 2.26. The van der Waals surface area contributed by atoms with E-state index in [-0.39, 0.29) is 12.6 Å². The van der Waals surface area contributed by atoms with Gasteiger partial charge in [0, 0.05) is 44.7 Å². The molecule has 2 heterocycles. The van der Waals surface area contributed by atoms with E-state index in [1.54, 1.807) is 18.4 Å². The molecule has 6 nitrogen and oxygen atoms in total. The van der Waals surface area contributed by atoms with Crippen LogP contribution in [-0.4, -0.2) is 76.7 Å². The molecule has 154 valence electrons. The first kappa shape index (κ1) is 21.9. The highest BCUT2D eigenvalue weighted by Gasteiger charge is 2.27. The van der Waals surface area contributed by atoms with Crippen molar-refractivity contribution in [2.75, 3.05) is 59.7 Å². The smallest absolute Gasteiger partial charge is 0.379 e. The highest BCUT2D eigenvalue weighted by atomic mass is 32.1. The Morgan fingerprint density at radius 1 is 1.37 bits per heavy atom. The maximum atomic E-state index is 12.0. The second-order valence-corrected chi connectivity index (χ2v) is 7.06. The molecule has 0 bridgehead atoms. The summed E-state index contributed by atoms with van der Waals surface area (Å²) in [6, 6.07) is 4.39. The zero-order chi connectivity index (χ0) is 19.5. The van der Waals surface area contributed by atoms with Gasteiger partial charge in [-0.3, -0.25) is 9.89 Å². The number of halogens is 3. The Kier molecular flexibility index (Phi) is 9.32. The van der Waals surface area contributed by atoms with E-state index in [1.807, 2.05) is 6.07 Å². The van der Waals surface area contributed by atoms with Crippen molar-refractivity contribution in [3.63, 3.8) is 0 Å². The van der Waals surface area contributed by atoms with Crippen molar-refractivity contribution in [2.24, 2.45) is 4.99 Å². The number of thiophene rings is 1. The van der Waals surface area contributed by atoms with E-state index in [9.17, 15) is 13.2 Å². The standard InChI is InChI=1S/C17H27F3N4O2S/c1-21-16(22-5-3-8-26-13-17(18,19)20)23-12-14(15-4-2-11-27-15)24-6-9-25-10-7-24/h2,4,11,14H,3,5-10,12-13H2,1H3,(H2,21,22,23). The fourth-order valence-electron chi connectivity index (χ4n) is 2.76. The van der Waals surface area contributed by atoms with E-state index in [4.69, 9.17) is 4.74 Å². The van der Waals surface area contributed by atoms with Crippen molar-refractivity contribution in [3.05, 3.63) is 22.4 Å². The molecule has 10 heteroatoms. The highest BCUT2D eigenvalue weighted by Crippen LogP contribution is 2.25. The van der Waals surface area contributed by atoms with Crippen LogP contribution in [0.4, 0.5) is 13.2 Å². The topological polar surface area (TPSA) is 58.1 Å². The average Bonchev–Trinajstić information content (AvgIpc) is 3.17.